The summed E-state index contributed by atoms with van der Waals surface area (Å²) in [5, 5.41) is 23.0. The first-order valence-corrected chi connectivity index (χ1v) is 22.5. The fraction of sp³-hybridized carbons (Fsp3) is 0.787. The Bertz CT molecular complexity index is 1710. The number of esters is 4. The summed E-state index contributed by atoms with van der Waals surface area (Å²) in [6, 6.07) is 4.13. The van der Waals surface area contributed by atoms with Crippen molar-refractivity contribution in [2.75, 3.05) is 6.61 Å². The average Bonchev–Trinajstić information content (AvgIpc) is 3.52. The molecule has 1 aromatic carbocycles. The van der Waals surface area contributed by atoms with Crippen molar-refractivity contribution in [3.63, 3.8) is 0 Å². The van der Waals surface area contributed by atoms with Crippen LogP contribution in [0.5, 0.6) is 17.2 Å². The molecule has 4 saturated carbocycles. The molecule has 5 aliphatic rings. The van der Waals surface area contributed by atoms with Crippen LogP contribution in [0.4, 0.5) is 0 Å². The molecule has 4 aliphatic carbocycles. The van der Waals surface area contributed by atoms with Crippen LogP contribution >= 0.6 is 0 Å². The van der Waals surface area contributed by atoms with Crippen molar-refractivity contribution in [3.8, 4) is 17.2 Å². The maximum Gasteiger partial charge on any atom is 0.368 e. The highest BCUT2D eigenvalue weighted by atomic mass is 16.9. The second kappa shape index (κ2) is 18.4. The number of hydrogen-bond acceptors (Lipinski definition) is 13. The highest BCUT2D eigenvalue weighted by Gasteiger charge is 2.63. The van der Waals surface area contributed by atoms with Crippen LogP contribution in [-0.2, 0) is 42.9 Å². The first-order chi connectivity index (χ1) is 28.2. The van der Waals surface area contributed by atoms with E-state index in [0.717, 1.165) is 76.5 Å². The lowest BCUT2D eigenvalue weighted by atomic mass is 9.44. The molecular weight excluding hydrogens is 773 g/mol. The van der Waals surface area contributed by atoms with Gasteiger partial charge in [0.1, 0.15) is 18.5 Å². The molecule has 60 heavy (non-hydrogen) atoms. The molecule has 0 amide bonds. The van der Waals surface area contributed by atoms with E-state index in [-0.39, 0.29) is 28.8 Å². The Morgan fingerprint density at radius 1 is 0.800 bits per heavy atom. The van der Waals surface area contributed by atoms with Crippen LogP contribution in [0.25, 0.3) is 0 Å². The van der Waals surface area contributed by atoms with Gasteiger partial charge in [-0.3, -0.25) is 19.2 Å². The van der Waals surface area contributed by atoms with Crippen LogP contribution in [0.2, 0.25) is 0 Å². The van der Waals surface area contributed by atoms with E-state index in [2.05, 4.69) is 34.6 Å². The van der Waals surface area contributed by atoms with E-state index in [1.807, 2.05) is 0 Å². The van der Waals surface area contributed by atoms with Crippen molar-refractivity contribution in [1.82, 2.24) is 0 Å². The molecule has 14 atom stereocenters. The van der Waals surface area contributed by atoms with E-state index in [1.54, 1.807) is 0 Å². The van der Waals surface area contributed by atoms with Gasteiger partial charge in [0.25, 0.3) is 0 Å². The summed E-state index contributed by atoms with van der Waals surface area (Å²) in [6.07, 6.45) is 7.93. The molecule has 13 nitrogen and oxygen atoms in total. The van der Waals surface area contributed by atoms with E-state index < -0.39 is 60.9 Å². The molecule has 2 N–H and O–H groups in total. The lowest BCUT2D eigenvalue weighted by Crippen LogP contribution is -2.70. The van der Waals surface area contributed by atoms with Gasteiger partial charge >= 0.3 is 29.9 Å². The Morgan fingerprint density at radius 3 is 2.13 bits per heavy atom. The van der Waals surface area contributed by atoms with Gasteiger partial charge < -0.3 is 43.4 Å². The number of rotatable bonds is 14. The molecule has 5 unspecified atom stereocenters. The fourth-order valence-corrected chi connectivity index (χ4v) is 12.7. The number of aliphatic hydroxyl groups is 1. The van der Waals surface area contributed by atoms with Crippen LogP contribution in [0.3, 0.4) is 0 Å². The molecule has 13 heteroatoms. The predicted molar refractivity (Wildman–Crippen MR) is 219 cm³/mol. The van der Waals surface area contributed by atoms with Gasteiger partial charge in [-0.15, -0.1) is 0 Å². The number of benzene rings is 1. The number of fused-ring (bicyclic) bond motifs is 5. The summed E-state index contributed by atoms with van der Waals surface area (Å²) in [6.45, 7) is 16.2. The third-order valence-electron chi connectivity index (χ3n) is 15.3. The molecular formula is C47H70O13. The summed E-state index contributed by atoms with van der Waals surface area (Å²) in [7, 11) is 0. The molecule has 0 radical (unpaired) electrons. The van der Waals surface area contributed by atoms with Gasteiger partial charge in [-0.1, -0.05) is 53.9 Å². The van der Waals surface area contributed by atoms with E-state index in [9.17, 15) is 29.4 Å². The van der Waals surface area contributed by atoms with E-state index in [1.165, 1.54) is 76.0 Å². The minimum atomic E-state index is -2.87. The summed E-state index contributed by atoms with van der Waals surface area (Å²) >= 11 is 0. The molecule has 6 rings (SSSR count). The SMILES string of the molecule is CC(=O)OC[C@H]1O[C@@](O)(Oc2ccc(O)c(OC3CC[C@@]4(C)C(CCC5C4CC[C@@]4(C)C5CC[C@@H]4[C@H](C)CCCC(C)C)C3)c2)[C@H](OC(C)=O)[C@@H](OC(C)=O)[C@@H]1OC(C)=O. The Kier molecular flexibility index (Phi) is 14.1. The van der Waals surface area contributed by atoms with Gasteiger partial charge in [0, 0.05) is 33.8 Å². The Hall–Kier alpha value is -3.58. The van der Waals surface area contributed by atoms with Crippen molar-refractivity contribution in [3.05, 3.63) is 18.2 Å². The van der Waals surface area contributed by atoms with Crippen molar-refractivity contribution in [1.29, 1.82) is 0 Å². The van der Waals surface area contributed by atoms with E-state index in [4.69, 9.17) is 33.2 Å². The number of carbonyl (C=O) groups is 4. The first-order valence-electron chi connectivity index (χ1n) is 22.5. The third kappa shape index (κ3) is 9.72. The summed E-state index contributed by atoms with van der Waals surface area (Å²) in [5.74, 6) is -1.01. The molecule has 1 aromatic rings. The predicted octanol–water partition coefficient (Wildman–Crippen LogP) is 8.04. The number of phenols is 1. The smallest absolute Gasteiger partial charge is 0.368 e. The molecule has 0 spiro atoms. The average molecular weight is 843 g/mol. The van der Waals surface area contributed by atoms with Gasteiger partial charge in [-0.05, 0) is 122 Å². The summed E-state index contributed by atoms with van der Waals surface area (Å²) in [5.41, 5.74) is 0.672. The molecule has 1 heterocycles. The number of ether oxygens (including phenoxy) is 7. The second-order valence-corrected chi connectivity index (χ2v) is 19.7. The monoisotopic (exact) mass is 842 g/mol. The third-order valence-corrected chi connectivity index (χ3v) is 15.3. The second-order valence-electron chi connectivity index (χ2n) is 19.7. The molecule has 336 valence electrons. The van der Waals surface area contributed by atoms with E-state index in [0.29, 0.717) is 17.3 Å². The summed E-state index contributed by atoms with van der Waals surface area (Å²) < 4.78 is 39.8. The lowest BCUT2D eigenvalue weighted by Gasteiger charge is -2.61. The highest BCUT2D eigenvalue weighted by molar-refractivity contribution is 5.69. The molecule has 1 saturated heterocycles. The number of phenolic OH excluding ortho intramolecular Hbond substituents is 1. The van der Waals surface area contributed by atoms with Crippen LogP contribution < -0.4 is 9.47 Å². The fourth-order valence-electron chi connectivity index (χ4n) is 12.7. The number of aromatic hydroxyl groups is 1. The standard InChI is InChI=1S/C47H70O13/c1-26(2)11-10-12-27(3)36-16-17-37-35-15-13-32-23-33(19-21-45(32,8)38(35)20-22-46(36,37)9)58-40-24-34(14-18-39(40)52)59-47(53)44(57-31(7)51)43(56-30(6)50)42(55-29(5)49)41(60-47)25-54-28(4)48/h14,18,24,26-27,32-33,35-38,41-44,52-53H,10-13,15-17,19-23,25H2,1-9H3/t27-,32?,33?,35?,36-,37?,38?,41-,42-,43+,44-,45+,46-,47+/m1/s1. The molecule has 1 aliphatic heterocycles. The van der Waals surface area contributed by atoms with Crippen LogP contribution in [0.1, 0.15) is 139 Å². The van der Waals surface area contributed by atoms with Crippen molar-refractivity contribution in [2.45, 2.75) is 176 Å². The van der Waals surface area contributed by atoms with Gasteiger partial charge in [0.15, 0.2) is 23.7 Å². The largest absolute Gasteiger partial charge is 0.504 e. The van der Waals surface area contributed by atoms with Crippen LogP contribution in [0, 0.1) is 52.3 Å². The van der Waals surface area contributed by atoms with Crippen molar-refractivity contribution < 1.29 is 62.5 Å². The number of carbonyl (C=O) groups excluding carboxylic acids is 4. The highest BCUT2D eigenvalue weighted by Crippen LogP contribution is 2.68. The van der Waals surface area contributed by atoms with Crippen LogP contribution in [0.15, 0.2) is 18.2 Å². The molecule has 5 fully saturated rings. The zero-order valence-corrected chi connectivity index (χ0v) is 37.2. The topological polar surface area (TPSA) is 173 Å². The number of hydrogen-bond donors (Lipinski definition) is 2. The van der Waals surface area contributed by atoms with Crippen molar-refractivity contribution >= 4 is 23.9 Å². The quantitative estimate of drug-likeness (QED) is 0.105. The molecule has 0 aromatic heterocycles. The van der Waals surface area contributed by atoms with Gasteiger partial charge in [0.2, 0.25) is 6.10 Å². The van der Waals surface area contributed by atoms with E-state index >= 15 is 0 Å². The molecule has 0 bridgehead atoms. The van der Waals surface area contributed by atoms with Gasteiger partial charge in [-0.2, -0.15) is 0 Å². The maximum atomic E-state index is 12.4. The van der Waals surface area contributed by atoms with Crippen molar-refractivity contribution in [2.24, 2.45) is 52.3 Å². The van der Waals surface area contributed by atoms with Gasteiger partial charge in [-0.25, -0.2) is 0 Å². The summed E-state index contributed by atoms with van der Waals surface area (Å²) in [4.78, 5) is 48.6. The maximum absolute atomic E-state index is 12.4. The minimum Gasteiger partial charge on any atom is -0.504 e. The normalized spacial score (nSPS) is 37.7. The Balaban J connectivity index is 1.16. The zero-order valence-electron chi connectivity index (χ0n) is 37.2. The lowest BCUT2D eigenvalue weighted by molar-refractivity contribution is -0.421. The Morgan fingerprint density at radius 2 is 1.47 bits per heavy atom. The zero-order chi connectivity index (χ0) is 43.7. The minimum absolute atomic E-state index is 0.0447. The van der Waals surface area contributed by atoms with Crippen LogP contribution in [-0.4, -0.2) is 77.2 Å². The van der Waals surface area contributed by atoms with Gasteiger partial charge in [0.05, 0.1) is 6.10 Å². The first kappa shape index (κ1) is 45.9. The Labute approximate surface area is 355 Å².